The maximum atomic E-state index is 15.5. The molecule has 0 fully saturated rings. The molecule has 0 bridgehead atoms. The zero-order chi connectivity index (χ0) is 24.9. The summed E-state index contributed by atoms with van der Waals surface area (Å²) in [6.45, 7) is -0.259. The van der Waals surface area contributed by atoms with Crippen molar-refractivity contribution in [2.24, 2.45) is 11.5 Å². The van der Waals surface area contributed by atoms with Crippen molar-refractivity contribution < 1.29 is 13.9 Å². The van der Waals surface area contributed by atoms with E-state index in [0.29, 0.717) is 17.0 Å². The minimum Gasteiger partial charge on any atom is -0.497 e. The van der Waals surface area contributed by atoms with Crippen LogP contribution in [0.2, 0.25) is 0 Å². The van der Waals surface area contributed by atoms with Crippen molar-refractivity contribution in [3.63, 3.8) is 0 Å². The predicted molar refractivity (Wildman–Crippen MR) is 125 cm³/mol. The number of ether oxygens (including phenoxy) is 2. The Morgan fingerprint density at radius 2 is 1.97 bits per heavy atom. The Bertz CT molecular complexity index is 1390. The highest BCUT2D eigenvalue weighted by molar-refractivity contribution is 5.95. The van der Waals surface area contributed by atoms with Crippen LogP contribution in [-0.2, 0) is 0 Å². The van der Waals surface area contributed by atoms with E-state index in [0.717, 1.165) is 4.68 Å². The molecule has 0 saturated heterocycles. The van der Waals surface area contributed by atoms with Gasteiger partial charge in [-0.3, -0.25) is 16.1 Å². The van der Waals surface area contributed by atoms with Gasteiger partial charge in [0.05, 0.1) is 7.11 Å². The molecule has 0 spiro atoms. The summed E-state index contributed by atoms with van der Waals surface area (Å²) in [6, 6.07) is 9.99. The van der Waals surface area contributed by atoms with E-state index < -0.39 is 17.5 Å². The molecule has 7 N–H and O–H groups in total. The Labute approximate surface area is 198 Å². The van der Waals surface area contributed by atoms with Crippen LogP contribution in [-0.4, -0.2) is 44.4 Å². The highest BCUT2D eigenvalue weighted by Gasteiger charge is 2.27. The van der Waals surface area contributed by atoms with Gasteiger partial charge in [0.1, 0.15) is 24.4 Å². The van der Waals surface area contributed by atoms with E-state index >= 15 is 4.39 Å². The average Bonchev–Trinajstić information content (AvgIpc) is 3.26. The third-order valence-corrected chi connectivity index (χ3v) is 4.98. The van der Waals surface area contributed by atoms with Gasteiger partial charge in [0.2, 0.25) is 0 Å². The molecule has 12 nitrogen and oxygen atoms in total. The first-order chi connectivity index (χ1) is 16.9. The van der Waals surface area contributed by atoms with Gasteiger partial charge in [-0.2, -0.15) is 0 Å². The lowest BCUT2D eigenvalue weighted by atomic mass is 10.0. The summed E-state index contributed by atoms with van der Waals surface area (Å²) < 4.78 is 27.1. The molecule has 2 aromatic heterocycles. The number of nitrogens with two attached hydrogens (primary N) is 2. The van der Waals surface area contributed by atoms with E-state index in [2.05, 4.69) is 25.4 Å². The Balaban J connectivity index is 1.85. The first-order valence-electron chi connectivity index (χ1n) is 10.3. The van der Waals surface area contributed by atoms with Gasteiger partial charge in [0.15, 0.2) is 17.4 Å². The van der Waals surface area contributed by atoms with Crippen LogP contribution in [0.25, 0.3) is 5.95 Å². The summed E-state index contributed by atoms with van der Waals surface area (Å²) in [4.78, 5) is 23.4. The van der Waals surface area contributed by atoms with Gasteiger partial charge in [-0.15, -0.1) is 9.78 Å². The van der Waals surface area contributed by atoms with Gasteiger partial charge in [-0.05, 0) is 36.4 Å². The molecule has 1 atom stereocenters. The molecule has 13 heteroatoms. The number of aromatic nitrogens is 5. The molecule has 0 aliphatic carbocycles. The maximum Gasteiger partial charge on any atom is 0.350 e. The van der Waals surface area contributed by atoms with Crippen molar-refractivity contribution in [2.75, 3.05) is 19.2 Å². The molecule has 1 unspecified atom stereocenters. The SMILES string of the molecule is COc1cc(OCN)c(F)c(C(Nc2ccc(C(=N)N)cc2)c2nn(-c3ncccn3)c(=O)[nH]2)c1. The molecule has 0 aliphatic heterocycles. The monoisotopic (exact) mass is 479 g/mol. The van der Waals surface area contributed by atoms with Crippen LogP contribution < -0.4 is 31.9 Å². The van der Waals surface area contributed by atoms with E-state index in [1.54, 1.807) is 30.3 Å². The van der Waals surface area contributed by atoms with Crippen molar-refractivity contribution in [1.82, 2.24) is 24.7 Å². The Hall–Kier alpha value is -4.78. The summed E-state index contributed by atoms with van der Waals surface area (Å²) >= 11 is 0. The van der Waals surface area contributed by atoms with Gasteiger partial charge in [-0.25, -0.2) is 19.2 Å². The number of rotatable bonds is 9. The number of nitrogens with zero attached hydrogens (tertiary/aromatic N) is 4. The molecule has 0 radical (unpaired) electrons. The fourth-order valence-corrected chi connectivity index (χ4v) is 3.33. The lowest BCUT2D eigenvalue weighted by molar-refractivity contribution is 0.307. The Morgan fingerprint density at radius 1 is 1.26 bits per heavy atom. The molecular weight excluding hydrogens is 457 g/mol. The normalized spacial score (nSPS) is 11.6. The van der Waals surface area contributed by atoms with Crippen molar-refractivity contribution in [1.29, 1.82) is 5.41 Å². The molecule has 4 rings (SSSR count). The number of H-pyrrole nitrogens is 1. The number of nitrogens with one attached hydrogen (secondary N) is 3. The summed E-state index contributed by atoms with van der Waals surface area (Å²) in [7, 11) is 1.43. The number of methoxy groups -OCH3 is 1. The van der Waals surface area contributed by atoms with Crippen LogP contribution >= 0.6 is 0 Å². The third-order valence-electron chi connectivity index (χ3n) is 4.98. The molecular formula is C22H22FN9O3. The fourth-order valence-electron chi connectivity index (χ4n) is 3.33. The molecule has 2 heterocycles. The van der Waals surface area contributed by atoms with Gasteiger partial charge in [0, 0.05) is 35.3 Å². The van der Waals surface area contributed by atoms with Crippen LogP contribution in [0, 0.1) is 11.2 Å². The second-order valence-electron chi connectivity index (χ2n) is 7.18. The highest BCUT2D eigenvalue weighted by atomic mass is 19.1. The minimum absolute atomic E-state index is 0.0443. The largest absolute Gasteiger partial charge is 0.497 e. The number of halogens is 1. The molecule has 0 amide bonds. The maximum absolute atomic E-state index is 15.5. The number of nitrogen functional groups attached to an aromatic ring is 1. The number of aromatic amines is 1. The van der Waals surface area contributed by atoms with E-state index in [1.807, 2.05) is 0 Å². The minimum atomic E-state index is -1.01. The average molecular weight is 479 g/mol. The Morgan fingerprint density at radius 3 is 2.60 bits per heavy atom. The predicted octanol–water partition coefficient (Wildman–Crippen LogP) is 1.28. The topological polar surface area (TPSA) is 183 Å². The van der Waals surface area contributed by atoms with E-state index in [-0.39, 0.29) is 35.7 Å². The highest BCUT2D eigenvalue weighted by Crippen LogP contribution is 2.34. The molecule has 0 aliphatic rings. The fraction of sp³-hybridized carbons (Fsp3) is 0.136. The summed E-state index contributed by atoms with van der Waals surface area (Å²) in [5, 5.41) is 15.0. The van der Waals surface area contributed by atoms with Crippen LogP contribution in [0.3, 0.4) is 0 Å². The molecule has 35 heavy (non-hydrogen) atoms. The quantitative estimate of drug-likeness (QED) is 0.134. The number of amidine groups is 1. The van der Waals surface area contributed by atoms with E-state index in [9.17, 15) is 4.79 Å². The van der Waals surface area contributed by atoms with E-state index in [4.69, 9.17) is 26.4 Å². The number of hydrogen-bond acceptors (Lipinski definition) is 9. The van der Waals surface area contributed by atoms with Gasteiger partial charge in [0.25, 0.3) is 5.95 Å². The smallest absolute Gasteiger partial charge is 0.350 e. The number of benzene rings is 2. The second-order valence-corrected chi connectivity index (χ2v) is 7.18. The standard InChI is InChI=1S/C22H22FN9O3/c1-34-14-9-15(17(23)16(10-14)35-11-24)18(29-13-5-3-12(4-6-13)19(25)26)20-30-22(33)32(31-20)21-27-7-2-8-28-21/h2-10,18,29H,11,24H2,1H3,(H3,25,26)(H,30,31,33). The van der Waals surface area contributed by atoms with E-state index in [1.165, 1.54) is 31.6 Å². The summed E-state index contributed by atoms with van der Waals surface area (Å²) in [5.74, 6) is -0.529. The number of hydrogen-bond donors (Lipinski definition) is 5. The Kier molecular flexibility index (Phi) is 6.69. The van der Waals surface area contributed by atoms with Crippen molar-refractivity contribution in [2.45, 2.75) is 6.04 Å². The lowest BCUT2D eigenvalue weighted by Crippen LogP contribution is -2.18. The van der Waals surface area contributed by atoms with Crippen LogP contribution in [0.15, 0.2) is 59.7 Å². The van der Waals surface area contributed by atoms with Crippen molar-refractivity contribution in [3.05, 3.63) is 88.1 Å². The first kappa shape index (κ1) is 23.4. The third kappa shape index (κ3) is 4.94. The molecule has 180 valence electrons. The van der Waals surface area contributed by atoms with Crippen LogP contribution in [0.5, 0.6) is 11.5 Å². The van der Waals surface area contributed by atoms with Gasteiger partial charge in [-0.1, -0.05) is 0 Å². The zero-order valence-corrected chi connectivity index (χ0v) is 18.5. The van der Waals surface area contributed by atoms with Crippen molar-refractivity contribution >= 4 is 11.5 Å². The lowest BCUT2D eigenvalue weighted by Gasteiger charge is -2.21. The summed E-state index contributed by atoms with van der Waals surface area (Å²) in [6.07, 6.45) is 2.93. The summed E-state index contributed by atoms with van der Waals surface area (Å²) in [5.41, 5.74) is 11.5. The second kappa shape index (κ2) is 10.0. The van der Waals surface area contributed by atoms with Crippen LogP contribution in [0.1, 0.15) is 23.0 Å². The van der Waals surface area contributed by atoms with Crippen molar-refractivity contribution in [3.8, 4) is 17.4 Å². The molecule has 2 aromatic carbocycles. The zero-order valence-electron chi connectivity index (χ0n) is 18.5. The molecule has 4 aromatic rings. The first-order valence-corrected chi connectivity index (χ1v) is 10.3. The number of anilines is 1. The van der Waals surface area contributed by atoms with Gasteiger partial charge >= 0.3 is 5.69 Å². The molecule has 0 saturated carbocycles. The van der Waals surface area contributed by atoms with Crippen LogP contribution in [0.4, 0.5) is 10.1 Å². The van der Waals surface area contributed by atoms with Gasteiger partial charge < -0.3 is 20.5 Å².